The van der Waals surface area contributed by atoms with Crippen LogP contribution in [0, 0.1) is 5.82 Å². The van der Waals surface area contributed by atoms with Crippen molar-refractivity contribution < 1.29 is 14.0 Å². The number of rotatable bonds is 4. The fraction of sp³-hybridized carbons (Fsp3) is 0.318. The van der Waals surface area contributed by atoms with Gasteiger partial charge in [-0.3, -0.25) is 15.0 Å². The van der Waals surface area contributed by atoms with Crippen molar-refractivity contribution >= 4 is 23.3 Å². The summed E-state index contributed by atoms with van der Waals surface area (Å²) < 4.78 is 13.5. The SMILES string of the molecule is CC1N=C(C(=O)N2CCCC2Cc2cccc(F)c2)NN(c2ccccc2)C1=O. The van der Waals surface area contributed by atoms with E-state index in [1.807, 2.05) is 24.3 Å². The highest BCUT2D eigenvalue weighted by Crippen LogP contribution is 2.23. The number of hydrazine groups is 1. The molecule has 0 bridgehead atoms. The van der Waals surface area contributed by atoms with E-state index >= 15 is 0 Å². The summed E-state index contributed by atoms with van der Waals surface area (Å²) in [6.07, 6.45) is 2.33. The van der Waals surface area contributed by atoms with Crippen molar-refractivity contribution in [3.05, 3.63) is 66.0 Å². The Kier molecular flexibility index (Phi) is 5.29. The summed E-state index contributed by atoms with van der Waals surface area (Å²) in [4.78, 5) is 31.8. The minimum atomic E-state index is -0.653. The minimum Gasteiger partial charge on any atom is -0.333 e. The van der Waals surface area contributed by atoms with Gasteiger partial charge >= 0.3 is 0 Å². The average molecular weight is 394 g/mol. The maximum atomic E-state index is 13.5. The zero-order valence-electron chi connectivity index (χ0n) is 16.2. The third-order valence-corrected chi connectivity index (χ3v) is 5.33. The number of amides is 2. The van der Waals surface area contributed by atoms with Gasteiger partial charge in [0.1, 0.15) is 11.9 Å². The molecule has 0 saturated carbocycles. The highest BCUT2D eigenvalue weighted by Gasteiger charge is 2.36. The molecule has 2 atom stereocenters. The quantitative estimate of drug-likeness (QED) is 0.867. The van der Waals surface area contributed by atoms with Crippen LogP contribution in [0.5, 0.6) is 0 Å². The summed E-state index contributed by atoms with van der Waals surface area (Å²) in [5.41, 5.74) is 4.42. The molecule has 2 heterocycles. The predicted molar refractivity (Wildman–Crippen MR) is 109 cm³/mol. The minimum absolute atomic E-state index is 0.0214. The van der Waals surface area contributed by atoms with Crippen molar-refractivity contribution in [1.29, 1.82) is 0 Å². The zero-order chi connectivity index (χ0) is 20.4. The van der Waals surface area contributed by atoms with Crippen LogP contribution in [0.4, 0.5) is 10.1 Å². The standard InChI is InChI=1S/C22H23FN4O2/c1-15-21(28)27(18-9-3-2-4-10-18)25-20(24-15)22(29)26-12-6-11-19(26)14-16-7-5-8-17(23)13-16/h2-5,7-10,13,15,19H,6,11-12,14H2,1H3,(H,24,25). The van der Waals surface area contributed by atoms with Crippen molar-refractivity contribution in [3.63, 3.8) is 0 Å². The third kappa shape index (κ3) is 3.99. The van der Waals surface area contributed by atoms with Gasteiger partial charge in [0.05, 0.1) is 5.69 Å². The summed E-state index contributed by atoms with van der Waals surface area (Å²) in [6, 6.07) is 14.9. The molecule has 2 amide bonds. The molecule has 1 fully saturated rings. The lowest BCUT2D eigenvalue weighted by Crippen LogP contribution is -2.59. The molecular formula is C22H23FN4O2. The first-order valence-electron chi connectivity index (χ1n) is 9.82. The lowest BCUT2D eigenvalue weighted by atomic mass is 10.0. The van der Waals surface area contributed by atoms with Crippen LogP contribution < -0.4 is 10.4 Å². The Bertz CT molecular complexity index is 947. The van der Waals surface area contributed by atoms with Gasteiger partial charge in [-0.15, -0.1) is 0 Å². The number of anilines is 1. The van der Waals surface area contributed by atoms with Crippen LogP contribution in [0.15, 0.2) is 59.6 Å². The molecule has 0 spiro atoms. The second-order valence-corrected chi connectivity index (χ2v) is 7.40. The van der Waals surface area contributed by atoms with Gasteiger partial charge in [-0.25, -0.2) is 14.4 Å². The topological polar surface area (TPSA) is 65.0 Å². The van der Waals surface area contributed by atoms with Crippen molar-refractivity contribution in [3.8, 4) is 0 Å². The summed E-state index contributed by atoms with van der Waals surface area (Å²) in [7, 11) is 0. The molecule has 2 aliphatic heterocycles. The first-order valence-corrected chi connectivity index (χ1v) is 9.82. The average Bonchev–Trinajstić information content (AvgIpc) is 3.18. The molecular weight excluding hydrogens is 371 g/mol. The van der Waals surface area contributed by atoms with Crippen LogP contribution in [0.1, 0.15) is 25.3 Å². The van der Waals surface area contributed by atoms with E-state index in [9.17, 15) is 14.0 Å². The number of benzene rings is 2. The Labute approximate surface area is 169 Å². The van der Waals surface area contributed by atoms with E-state index in [0.717, 1.165) is 18.4 Å². The normalized spacial score (nSPS) is 21.7. The van der Waals surface area contributed by atoms with Crippen molar-refractivity contribution in [2.75, 3.05) is 11.6 Å². The number of halogens is 1. The van der Waals surface area contributed by atoms with Gasteiger partial charge in [0.15, 0.2) is 0 Å². The van der Waals surface area contributed by atoms with Gasteiger partial charge in [0.25, 0.3) is 11.8 Å². The Morgan fingerprint density at radius 2 is 2.00 bits per heavy atom. The number of para-hydroxylation sites is 1. The van der Waals surface area contributed by atoms with Gasteiger partial charge in [-0.1, -0.05) is 30.3 Å². The van der Waals surface area contributed by atoms with Crippen LogP contribution in [0.3, 0.4) is 0 Å². The number of carbonyl (C=O) groups excluding carboxylic acids is 2. The number of likely N-dealkylation sites (tertiary alicyclic amines) is 1. The van der Waals surface area contributed by atoms with Crippen LogP contribution >= 0.6 is 0 Å². The second-order valence-electron chi connectivity index (χ2n) is 7.40. The second kappa shape index (κ2) is 8.03. The summed E-state index contributed by atoms with van der Waals surface area (Å²) in [5.74, 6) is -0.565. The molecule has 2 aromatic rings. The lowest BCUT2D eigenvalue weighted by Gasteiger charge is -2.33. The van der Waals surface area contributed by atoms with Gasteiger partial charge < -0.3 is 4.90 Å². The number of hydrogen-bond donors (Lipinski definition) is 1. The molecule has 2 aliphatic rings. The monoisotopic (exact) mass is 394 g/mol. The number of amidine groups is 1. The van der Waals surface area contributed by atoms with Gasteiger partial charge in [-0.2, -0.15) is 0 Å². The van der Waals surface area contributed by atoms with Crippen molar-refractivity contribution in [1.82, 2.24) is 10.3 Å². The van der Waals surface area contributed by atoms with Gasteiger partial charge in [0, 0.05) is 12.6 Å². The molecule has 7 heteroatoms. The van der Waals surface area contributed by atoms with E-state index in [4.69, 9.17) is 0 Å². The number of hydrogen-bond acceptors (Lipinski definition) is 4. The maximum absolute atomic E-state index is 13.5. The van der Waals surface area contributed by atoms with Crippen LogP contribution in [-0.2, 0) is 16.0 Å². The van der Waals surface area contributed by atoms with E-state index < -0.39 is 6.04 Å². The lowest BCUT2D eigenvalue weighted by molar-refractivity contribution is -0.125. The Morgan fingerprint density at radius 3 is 2.76 bits per heavy atom. The number of carbonyl (C=O) groups is 2. The van der Waals surface area contributed by atoms with E-state index in [2.05, 4.69) is 10.4 Å². The fourth-order valence-electron chi connectivity index (χ4n) is 3.88. The molecule has 2 aromatic carbocycles. The number of nitrogens with zero attached hydrogens (tertiary/aromatic N) is 3. The molecule has 29 heavy (non-hydrogen) atoms. The van der Waals surface area contributed by atoms with E-state index in [-0.39, 0.29) is 29.5 Å². The van der Waals surface area contributed by atoms with E-state index in [0.29, 0.717) is 18.7 Å². The maximum Gasteiger partial charge on any atom is 0.290 e. The fourth-order valence-corrected chi connectivity index (χ4v) is 3.88. The molecule has 0 radical (unpaired) electrons. The van der Waals surface area contributed by atoms with E-state index in [1.54, 1.807) is 30.0 Å². The highest BCUT2D eigenvalue weighted by molar-refractivity contribution is 6.39. The molecule has 1 saturated heterocycles. The largest absolute Gasteiger partial charge is 0.333 e. The first kappa shape index (κ1) is 19.1. The molecule has 6 nitrogen and oxygen atoms in total. The summed E-state index contributed by atoms with van der Waals surface area (Å²) >= 11 is 0. The summed E-state index contributed by atoms with van der Waals surface area (Å²) in [5, 5.41) is 1.38. The molecule has 1 N–H and O–H groups in total. The molecule has 150 valence electrons. The van der Waals surface area contributed by atoms with Crippen LogP contribution in [-0.4, -0.2) is 41.2 Å². The van der Waals surface area contributed by atoms with Crippen LogP contribution in [0.2, 0.25) is 0 Å². The Morgan fingerprint density at radius 1 is 1.21 bits per heavy atom. The predicted octanol–water partition coefficient (Wildman–Crippen LogP) is 2.70. The molecule has 0 aromatic heterocycles. The van der Waals surface area contributed by atoms with Crippen molar-refractivity contribution in [2.24, 2.45) is 4.99 Å². The zero-order valence-corrected chi connectivity index (χ0v) is 16.2. The smallest absolute Gasteiger partial charge is 0.290 e. The Hall–Kier alpha value is -3.22. The van der Waals surface area contributed by atoms with Gasteiger partial charge in [-0.05, 0) is 56.0 Å². The molecule has 0 aliphatic carbocycles. The summed E-state index contributed by atoms with van der Waals surface area (Å²) in [6.45, 7) is 2.30. The molecule has 4 rings (SSSR count). The Balaban J connectivity index is 1.53. The van der Waals surface area contributed by atoms with Gasteiger partial charge in [0.2, 0.25) is 5.84 Å². The highest BCUT2D eigenvalue weighted by atomic mass is 19.1. The molecule has 2 unspecified atom stereocenters. The number of aliphatic imine (C=N–C) groups is 1. The first-order chi connectivity index (χ1) is 14.0. The third-order valence-electron chi connectivity index (χ3n) is 5.33. The van der Waals surface area contributed by atoms with Crippen molar-refractivity contribution in [2.45, 2.75) is 38.3 Å². The van der Waals surface area contributed by atoms with E-state index in [1.165, 1.54) is 17.1 Å². The van der Waals surface area contributed by atoms with Crippen LogP contribution in [0.25, 0.3) is 0 Å². The number of nitrogens with one attached hydrogen (secondary N) is 1.